The topological polar surface area (TPSA) is 23.8 Å². The van der Waals surface area contributed by atoms with Gasteiger partial charge in [0.25, 0.3) is 0 Å². The summed E-state index contributed by atoms with van der Waals surface area (Å²) in [5.41, 5.74) is 0.848. The highest BCUT2D eigenvalue weighted by Gasteiger charge is 1.90. The number of allylic oxidation sites excluding steroid dienone is 2. The van der Waals surface area contributed by atoms with Crippen molar-refractivity contribution < 1.29 is 0 Å². The zero-order valence-corrected chi connectivity index (χ0v) is 8.52. The van der Waals surface area contributed by atoms with Gasteiger partial charge < -0.3 is 0 Å². The van der Waals surface area contributed by atoms with E-state index < -0.39 is 0 Å². The van der Waals surface area contributed by atoms with Crippen LogP contribution >= 0.6 is 15.9 Å². The van der Waals surface area contributed by atoms with Crippen molar-refractivity contribution in [3.05, 3.63) is 11.6 Å². The van der Waals surface area contributed by atoms with Crippen molar-refractivity contribution >= 4 is 15.9 Å². The van der Waals surface area contributed by atoms with Crippen LogP contribution in [0.5, 0.6) is 0 Å². The highest BCUT2D eigenvalue weighted by atomic mass is 79.9. The molecule has 0 aliphatic carbocycles. The van der Waals surface area contributed by atoms with Gasteiger partial charge in [-0.05, 0) is 12.8 Å². The van der Waals surface area contributed by atoms with E-state index in [2.05, 4.69) is 28.9 Å². The summed E-state index contributed by atoms with van der Waals surface area (Å²) in [6.45, 7) is 2.18. The Hall–Kier alpha value is -0.290. The van der Waals surface area contributed by atoms with Crippen molar-refractivity contribution in [1.82, 2.24) is 0 Å². The van der Waals surface area contributed by atoms with Crippen LogP contribution in [0.3, 0.4) is 0 Å². The Morgan fingerprint density at radius 3 is 2.73 bits per heavy atom. The van der Waals surface area contributed by atoms with Crippen molar-refractivity contribution in [3.63, 3.8) is 0 Å². The minimum absolute atomic E-state index is 0.690. The number of nitriles is 1. The molecule has 0 heterocycles. The van der Waals surface area contributed by atoms with Crippen molar-refractivity contribution in [1.29, 1.82) is 5.26 Å². The molecule has 0 aromatic rings. The number of nitrogens with zero attached hydrogens (tertiary/aromatic N) is 1. The van der Waals surface area contributed by atoms with Crippen LogP contribution in [-0.4, -0.2) is 5.33 Å². The molecule has 0 fully saturated rings. The lowest BCUT2D eigenvalue weighted by molar-refractivity contribution is 0.728. The molecule has 2 heteroatoms. The van der Waals surface area contributed by atoms with E-state index in [0.717, 1.165) is 12.0 Å². The van der Waals surface area contributed by atoms with E-state index in [1.165, 1.54) is 19.3 Å². The minimum Gasteiger partial charge on any atom is -0.193 e. The second-order valence-corrected chi connectivity index (χ2v) is 3.03. The van der Waals surface area contributed by atoms with Crippen molar-refractivity contribution in [2.24, 2.45) is 0 Å². The van der Waals surface area contributed by atoms with Crippen LogP contribution in [0, 0.1) is 11.3 Å². The van der Waals surface area contributed by atoms with Gasteiger partial charge >= 0.3 is 0 Å². The Morgan fingerprint density at radius 2 is 2.27 bits per heavy atom. The molecule has 0 unspecified atom stereocenters. The first kappa shape index (κ1) is 10.7. The summed E-state index contributed by atoms with van der Waals surface area (Å²) >= 11 is 3.25. The molecule has 0 bridgehead atoms. The van der Waals surface area contributed by atoms with Crippen LogP contribution in [0.4, 0.5) is 0 Å². The minimum atomic E-state index is 0.690. The van der Waals surface area contributed by atoms with Crippen LogP contribution in [0.2, 0.25) is 0 Å². The summed E-state index contributed by atoms with van der Waals surface area (Å²) in [6, 6.07) is 2.14. The Balaban J connectivity index is 3.47. The van der Waals surface area contributed by atoms with E-state index >= 15 is 0 Å². The fourth-order valence-corrected chi connectivity index (χ4v) is 1.16. The molecule has 0 spiro atoms. The first-order valence-corrected chi connectivity index (χ1v) is 5.12. The maximum atomic E-state index is 8.53. The highest BCUT2D eigenvalue weighted by Crippen LogP contribution is 2.04. The van der Waals surface area contributed by atoms with E-state index in [-0.39, 0.29) is 0 Å². The fraction of sp³-hybridized carbons (Fsp3) is 0.667. The number of hydrogen-bond donors (Lipinski definition) is 0. The van der Waals surface area contributed by atoms with Crippen molar-refractivity contribution in [3.8, 4) is 6.07 Å². The molecular weight excluding hydrogens is 202 g/mol. The van der Waals surface area contributed by atoms with E-state index in [0.29, 0.717) is 5.33 Å². The standard InChI is InChI=1S/C9H14BrN/c1-2-3-4-5-6-9(7-10)8-11/h6H,2-5,7H2,1H3/b9-6-. The summed E-state index contributed by atoms with van der Waals surface area (Å²) in [5, 5.41) is 9.22. The lowest BCUT2D eigenvalue weighted by Crippen LogP contribution is -1.79. The van der Waals surface area contributed by atoms with Crippen LogP contribution in [0.25, 0.3) is 0 Å². The van der Waals surface area contributed by atoms with Gasteiger partial charge in [0.15, 0.2) is 0 Å². The normalized spacial score (nSPS) is 11.2. The highest BCUT2D eigenvalue weighted by molar-refractivity contribution is 9.09. The zero-order chi connectivity index (χ0) is 8.53. The predicted molar refractivity (Wildman–Crippen MR) is 51.6 cm³/mol. The number of rotatable bonds is 5. The van der Waals surface area contributed by atoms with Gasteiger partial charge in [-0.15, -0.1) is 0 Å². The first-order valence-electron chi connectivity index (χ1n) is 4.00. The van der Waals surface area contributed by atoms with Crippen LogP contribution in [0.15, 0.2) is 11.6 Å². The maximum absolute atomic E-state index is 8.53. The van der Waals surface area contributed by atoms with Crippen molar-refractivity contribution in [2.75, 3.05) is 5.33 Å². The van der Waals surface area contributed by atoms with E-state index in [4.69, 9.17) is 5.26 Å². The lowest BCUT2D eigenvalue weighted by Gasteiger charge is -1.92. The molecule has 0 N–H and O–H groups in total. The average molecular weight is 216 g/mol. The molecule has 0 radical (unpaired) electrons. The Labute approximate surface area is 77.2 Å². The molecule has 0 atom stereocenters. The Morgan fingerprint density at radius 1 is 1.55 bits per heavy atom. The summed E-state index contributed by atoms with van der Waals surface area (Å²) in [7, 11) is 0. The number of alkyl halides is 1. The third kappa shape index (κ3) is 6.12. The smallest absolute Gasteiger partial charge is 0.0952 e. The number of halogens is 1. The molecule has 0 aromatic heterocycles. The van der Waals surface area contributed by atoms with Crippen LogP contribution in [-0.2, 0) is 0 Å². The van der Waals surface area contributed by atoms with Gasteiger partial charge in [0.05, 0.1) is 6.07 Å². The van der Waals surface area contributed by atoms with Gasteiger partial charge in [-0.1, -0.05) is 41.8 Å². The predicted octanol–water partition coefficient (Wildman–Crippen LogP) is 3.41. The molecule has 11 heavy (non-hydrogen) atoms. The fourth-order valence-electron chi connectivity index (χ4n) is 0.801. The molecule has 0 rings (SSSR count). The van der Waals surface area contributed by atoms with Gasteiger partial charge in [-0.3, -0.25) is 0 Å². The number of unbranched alkanes of at least 4 members (excludes halogenated alkanes) is 3. The van der Waals surface area contributed by atoms with Gasteiger partial charge in [0.2, 0.25) is 0 Å². The third-order valence-electron chi connectivity index (χ3n) is 1.49. The van der Waals surface area contributed by atoms with Gasteiger partial charge in [0, 0.05) is 10.9 Å². The molecule has 0 amide bonds. The molecule has 0 saturated carbocycles. The van der Waals surface area contributed by atoms with E-state index in [9.17, 15) is 0 Å². The summed E-state index contributed by atoms with van der Waals surface area (Å²) < 4.78 is 0. The maximum Gasteiger partial charge on any atom is 0.0952 e. The van der Waals surface area contributed by atoms with E-state index in [1.807, 2.05) is 6.08 Å². The second-order valence-electron chi connectivity index (χ2n) is 2.47. The molecule has 0 saturated heterocycles. The van der Waals surface area contributed by atoms with Gasteiger partial charge in [-0.2, -0.15) is 5.26 Å². The molecular formula is C9H14BrN. The second kappa shape index (κ2) is 7.81. The lowest BCUT2D eigenvalue weighted by atomic mass is 10.1. The zero-order valence-electron chi connectivity index (χ0n) is 6.94. The molecule has 1 nitrogen and oxygen atoms in total. The quantitative estimate of drug-likeness (QED) is 0.392. The molecule has 0 aliphatic rings. The monoisotopic (exact) mass is 215 g/mol. The summed E-state index contributed by atoms with van der Waals surface area (Å²) in [6.07, 6.45) is 6.77. The largest absolute Gasteiger partial charge is 0.193 e. The van der Waals surface area contributed by atoms with Gasteiger partial charge in [-0.25, -0.2) is 0 Å². The van der Waals surface area contributed by atoms with Crippen LogP contribution in [0.1, 0.15) is 32.6 Å². The van der Waals surface area contributed by atoms with Crippen molar-refractivity contribution in [2.45, 2.75) is 32.6 Å². The van der Waals surface area contributed by atoms with Crippen LogP contribution < -0.4 is 0 Å². The first-order chi connectivity index (χ1) is 5.35. The van der Waals surface area contributed by atoms with E-state index in [1.54, 1.807) is 0 Å². The number of hydrogen-bond acceptors (Lipinski definition) is 1. The van der Waals surface area contributed by atoms with Gasteiger partial charge in [0.1, 0.15) is 0 Å². The Bertz CT molecular complexity index is 155. The SMILES string of the molecule is CCCCC/C=C(\C#N)CBr. The summed E-state index contributed by atoms with van der Waals surface area (Å²) in [5.74, 6) is 0. The molecule has 62 valence electrons. The third-order valence-corrected chi connectivity index (χ3v) is 2.09. The average Bonchev–Trinajstić information content (AvgIpc) is 2.05. The molecule has 0 aliphatic heterocycles. The summed E-state index contributed by atoms with van der Waals surface area (Å²) in [4.78, 5) is 0. The molecule has 0 aromatic carbocycles. The Kier molecular flexibility index (Phi) is 7.61.